The van der Waals surface area contributed by atoms with E-state index >= 15 is 0 Å². The van der Waals surface area contributed by atoms with Crippen molar-refractivity contribution < 1.29 is 9.53 Å². The van der Waals surface area contributed by atoms with Crippen LogP contribution in [0.1, 0.15) is 24.3 Å². The lowest BCUT2D eigenvalue weighted by atomic mass is 10.3. The molecule has 1 rings (SSSR count). The van der Waals surface area contributed by atoms with Gasteiger partial charge in [0.25, 0.3) is 0 Å². The van der Waals surface area contributed by atoms with Crippen molar-refractivity contribution in [3.8, 4) is 0 Å². The summed E-state index contributed by atoms with van der Waals surface area (Å²) in [5, 5.41) is 4.03. The first kappa shape index (κ1) is 11.3. The van der Waals surface area contributed by atoms with Gasteiger partial charge in [0.05, 0.1) is 19.3 Å². The summed E-state index contributed by atoms with van der Waals surface area (Å²) >= 11 is 0. The Balaban J connectivity index is 2.86. The summed E-state index contributed by atoms with van der Waals surface area (Å²) in [7, 11) is 1.30. The Hall–Kier alpha value is -1.78. The van der Waals surface area contributed by atoms with Gasteiger partial charge in [-0.2, -0.15) is 5.10 Å². The summed E-state index contributed by atoms with van der Waals surface area (Å²) in [4.78, 5) is 11.2. The second kappa shape index (κ2) is 4.63. The molecular formula is C10H15N3O2. The van der Waals surface area contributed by atoms with E-state index in [-0.39, 0.29) is 5.69 Å². The number of allylic oxidation sites excluding steroid dienone is 2. The number of aromatic nitrogens is 2. The molecule has 0 bridgehead atoms. The molecule has 0 amide bonds. The zero-order chi connectivity index (χ0) is 11.4. The van der Waals surface area contributed by atoms with Gasteiger partial charge in [-0.25, -0.2) is 4.79 Å². The number of hydrogen-bond acceptors (Lipinski definition) is 4. The van der Waals surface area contributed by atoms with Gasteiger partial charge in [0.1, 0.15) is 0 Å². The topological polar surface area (TPSA) is 70.1 Å². The van der Waals surface area contributed by atoms with Gasteiger partial charge in [0, 0.05) is 6.20 Å². The standard InChI is InChI=1S/C10H15N3O2/c1-7(2)4-5-13-6-8(11)9(12-13)10(14)15-3/h4,6H,5,11H2,1-3H3. The minimum absolute atomic E-state index is 0.166. The third-order valence-corrected chi connectivity index (χ3v) is 1.86. The molecular weight excluding hydrogens is 194 g/mol. The minimum Gasteiger partial charge on any atom is -0.464 e. The first-order valence-electron chi connectivity index (χ1n) is 4.59. The van der Waals surface area contributed by atoms with Crippen molar-refractivity contribution in [2.75, 3.05) is 12.8 Å². The molecule has 0 aliphatic heterocycles. The number of methoxy groups -OCH3 is 1. The van der Waals surface area contributed by atoms with Gasteiger partial charge >= 0.3 is 5.97 Å². The maximum absolute atomic E-state index is 11.2. The Morgan fingerprint density at radius 1 is 1.67 bits per heavy atom. The second-order valence-corrected chi connectivity index (χ2v) is 3.43. The van der Waals surface area contributed by atoms with Crippen molar-refractivity contribution in [3.05, 3.63) is 23.5 Å². The summed E-state index contributed by atoms with van der Waals surface area (Å²) in [5.41, 5.74) is 7.31. The van der Waals surface area contributed by atoms with Crippen LogP contribution in [-0.4, -0.2) is 22.9 Å². The molecule has 2 N–H and O–H groups in total. The number of carbonyl (C=O) groups excluding carboxylic acids is 1. The highest BCUT2D eigenvalue weighted by atomic mass is 16.5. The van der Waals surface area contributed by atoms with E-state index in [1.807, 2.05) is 19.9 Å². The minimum atomic E-state index is -0.511. The Morgan fingerprint density at radius 2 is 2.33 bits per heavy atom. The predicted molar refractivity (Wildman–Crippen MR) is 57.4 cm³/mol. The maximum atomic E-state index is 11.2. The molecule has 5 nitrogen and oxygen atoms in total. The zero-order valence-corrected chi connectivity index (χ0v) is 9.15. The molecule has 0 unspecified atom stereocenters. The van der Waals surface area contributed by atoms with Gasteiger partial charge in [0.2, 0.25) is 0 Å². The van der Waals surface area contributed by atoms with Gasteiger partial charge in [-0.15, -0.1) is 0 Å². The molecule has 0 spiro atoms. The van der Waals surface area contributed by atoms with E-state index in [1.165, 1.54) is 12.7 Å². The Bertz CT molecular complexity index is 389. The van der Waals surface area contributed by atoms with Crippen LogP contribution in [-0.2, 0) is 11.3 Å². The highest BCUT2D eigenvalue weighted by molar-refractivity contribution is 5.92. The van der Waals surface area contributed by atoms with Crippen molar-refractivity contribution in [1.82, 2.24) is 9.78 Å². The number of anilines is 1. The highest BCUT2D eigenvalue weighted by Crippen LogP contribution is 2.10. The van der Waals surface area contributed by atoms with Crippen molar-refractivity contribution in [1.29, 1.82) is 0 Å². The van der Waals surface area contributed by atoms with Crippen LogP contribution >= 0.6 is 0 Å². The van der Waals surface area contributed by atoms with E-state index in [0.29, 0.717) is 12.2 Å². The van der Waals surface area contributed by atoms with E-state index in [0.717, 1.165) is 0 Å². The molecule has 1 aromatic heterocycles. The van der Waals surface area contributed by atoms with Crippen LogP contribution in [0.3, 0.4) is 0 Å². The number of hydrogen-bond donors (Lipinski definition) is 1. The SMILES string of the molecule is COC(=O)c1nn(CC=C(C)C)cc1N. The number of esters is 1. The van der Waals surface area contributed by atoms with E-state index in [4.69, 9.17) is 5.73 Å². The summed E-state index contributed by atoms with van der Waals surface area (Å²) in [6.45, 7) is 4.59. The van der Waals surface area contributed by atoms with Crippen LogP contribution in [0.4, 0.5) is 5.69 Å². The monoisotopic (exact) mass is 209 g/mol. The molecule has 0 radical (unpaired) electrons. The van der Waals surface area contributed by atoms with Crippen LogP contribution in [0.15, 0.2) is 17.8 Å². The third-order valence-electron chi connectivity index (χ3n) is 1.86. The zero-order valence-electron chi connectivity index (χ0n) is 9.15. The van der Waals surface area contributed by atoms with Crippen LogP contribution < -0.4 is 5.73 Å². The summed E-state index contributed by atoms with van der Waals surface area (Å²) in [6.07, 6.45) is 3.61. The van der Waals surface area contributed by atoms with Crippen LogP contribution in [0.25, 0.3) is 0 Å². The number of carbonyl (C=O) groups is 1. The van der Waals surface area contributed by atoms with Crippen LogP contribution in [0.2, 0.25) is 0 Å². The van der Waals surface area contributed by atoms with Crippen molar-refractivity contribution >= 4 is 11.7 Å². The molecule has 0 aromatic carbocycles. The molecule has 0 aliphatic rings. The van der Waals surface area contributed by atoms with E-state index in [2.05, 4.69) is 9.84 Å². The quantitative estimate of drug-likeness (QED) is 0.600. The number of rotatable bonds is 3. The van der Waals surface area contributed by atoms with Crippen molar-refractivity contribution in [2.24, 2.45) is 0 Å². The number of nitrogens with zero attached hydrogens (tertiary/aromatic N) is 2. The van der Waals surface area contributed by atoms with Gasteiger partial charge in [-0.05, 0) is 13.8 Å². The van der Waals surface area contributed by atoms with Gasteiger partial charge in [-0.1, -0.05) is 11.6 Å². The fraction of sp³-hybridized carbons (Fsp3) is 0.400. The fourth-order valence-corrected chi connectivity index (χ4v) is 1.06. The molecule has 0 fully saturated rings. The first-order chi connectivity index (χ1) is 7.04. The smallest absolute Gasteiger partial charge is 0.360 e. The molecule has 1 aromatic rings. The molecule has 0 saturated carbocycles. The highest BCUT2D eigenvalue weighted by Gasteiger charge is 2.14. The van der Waals surface area contributed by atoms with Gasteiger partial charge in [-0.3, -0.25) is 4.68 Å². The lowest BCUT2D eigenvalue weighted by Crippen LogP contribution is -2.06. The molecule has 0 atom stereocenters. The normalized spacial score (nSPS) is 9.80. The average Bonchev–Trinajstić information content (AvgIpc) is 2.55. The number of nitrogens with two attached hydrogens (primary N) is 1. The number of ether oxygens (including phenoxy) is 1. The first-order valence-corrected chi connectivity index (χ1v) is 4.59. The van der Waals surface area contributed by atoms with Crippen LogP contribution in [0, 0.1) is 0 Å². The average molecular weight is 209 g/mol. The molecule has 82 valence electrons. The summed E-state index contributed by atoms with van der Waals surface area (Å²) in [5.74, 6) is -0.511. The van der Waals surface area contributed by atoms with E-state index in [1.54, 1.807) is 10.9 Å². The lowest BCUT2D eigenvalue weighted by Gasteiger charge is -1.96. The lowest BCUT2D eigenvalue weighted by molar-refractivity contribution is 0.0594. The summed E-state index contributed by atoms with van der Waals surface area (Å²) in [6, 6.07) is 0. The number of nitrogen functional groups attached to an aromatic ring is 1. The van der Waals surface area contributed by atoms with Gasteiger partial charge < -0.3 is 10.5 Å². The fourth-order valence-electron chi connectivity index (χ4n) is 1.06. The Morgan fingerprint density at radius 3 is 2.87 bits per heavy atom. The molecule has 15 heavy (non-hydrogen) atoms. The summed E-state index contributed by atoms with van der Waals surface area (Å²) < 4.78 is 6.15. The Labute approximate surface area is 88.5 Å². The molecule has 0 saturated heterocycles. The predicted octanol–water partition coefficient (Wildman–Crippen LogP) is 1.22. The molecule has 1 heterocycles. The van der Waals surface area contributed by atoms with Crippen LogP contribution in [0.5, 0.6) is 0 Å². The van der Waals surface area contributed by atoms with Gasteiger partial charge in [0.15, 0.2) is 5.69 Å². The van der Waals surface area contributed by atoms with E-state index in [9.17, 15) is 4.79 Å². The molecule has 0 aliphatic carbocycles. The second-order valence-electron chi connectivity index (χ2n) is 3.43. The third kappa shape index (κ3) is 2.83. The maximum Gasteiger partial charge on any atom is 0.360 e. The van der Waals surface area contributed by atoms with Crippen molar-refractivity contribution in [3.63, 3.8) is 0 Å². The van der Waals surface area contributed by atoms with Crippen molar-refractivity contribution in [2.45, 2.75) is 20.4 Å². The largest absolute Gasteiger partial charge is 0.464 e. The Kier molecular flexibility index (Phi) is 3.49. The molecule has 5 heteroatoms. The van der Waals surface area contributed by atoms with E-state index < -0.39 is 5.97 Å².